The third-order valence-corrected chi connectivity index (χ3v) is 3.68. The summed E-state index contributed by atoms with van der Waals surface area (Å²) in [6.07, 6.45) is 0. The summed E-state index contributed by atoms with van der Waals surface area (Å²) in [5, 5.41) is 11.1. The molecule has 0 unspecified atom stereocenters. The number of halogens is 1. The number of aromatic hydroxyl groups is 1. The summed E-state index contributed by atoms with van der Waals surface area (Å²) in [4.78, 5) is 16.4. The van der Waals surface area contributed by atoms with Crippen molar-refractivity contribution in [2.24, 2.45) is 0 Å². The van der Waals surface area contributed by atoms with Gasteiger partial charge in [0, 0.05) is 10.4 Å². The molecule has 0 aliphatic rings. The maximum atomic E-state index is 12.0. The molecule has 1 aromatic heterocycles. The number of phenols is 1. The summed E-state index contributed by atoms with van der Waals surface area (Å²) < 4.78 is 5.04. The number of rotatable bonds is 3. The van der Waals surface area contributed by atoms with Crippen LogP contribution in [0.5, 0.6) is 5.75 Å². The largest absolute Gasteiger partial charge is 0.508 e. The number of carbonyl (C=O) groups excluding carboxylic acids is 1. The highest BCUT2D eigenvalue weighted by atomic mass is 35.5. The van der Waals surface area contributed by atoms with Gasteiger partial charge in [0.15, 0.2) is 0 Å². The number of carbonyl (C=O) groups is 1. The van der Waals surface area contributed by atoms with E-state index in [1.54, 1.807) is 37.3 Å². The molecule has 0 saturated heterocycles. The smallest absolute Gasteiger partial charge is 0.356 e. The topological polar surface area (TPSA) is 59.4 Å². The molecule has 1 heterocycles. The molecule has 1 N–H and O–H groups in total. The van der Waals surface area contributed by atoms with Crippen molar-refractivity contribution < 1.29 is 14.6 Å². The third-order valence-electron chi connectivity index (χ3n) is 3.43. The first-order chi connectivity index (χ1) is 11.1. The van der Waals surface area contributed by atoms with Gasteiger partial charge in [-0.15, -0.1) is 0 Å². The number of benzene rings is 2. The zero-order valence-electron chi connectivity index (χ0n) is 12.4. The van der Waals surface area contributed by atoms with Gasteiger partial charge in [0.25, 0.3) is 0 Å². The molecule has 4 nitrogen and oxygen atoms in total. The van der Waals surface area contributed by atoms with Gasteiger partial charge in [-0.2, -0.15) is 0 Å². The number of nitrogens with zero attached hydrogens (tertiary/aromatic N) is 1. The Morgan fingerprint density at radius 2 is 1.91 bits per heavy atom. The van der Waals surface area contributed by atoms with Crippen LogP contribution in [-0.4, -0.2) is 22.7 Å². The second-order valence-corrected chi connectivity index (χ2v) is 5.42. The molecular formula is C18H14ClNO3. The molecular weight excluding hydrogens is 314 g/mol. The highest BCUT2D eigenvalue weighted by Gasteiger charge is 2.14. The normalized spacial score (nSPS) is 10.7. The maximum Gasteiger partial charge on any atom is 0.356 e. The van der Waals surface area contributed by atoms with E-state index in [1.807, 2.05) is 12.1 Å². The van der Waals surface area contributed by atoms with E-state index in [0.717, 1.165) is 16.5 Å². The molecule has 0 fully saturated rings. The minimum Gasteiger partial charge on any atom is -0.508 e. The Kier molecular flexibility index (Phi) is 4.17. The molecule has 0 aliphatic heterocycles. The number of aromatic nitrogens is 1. The van der Waals surface area contributed by atoms with E-state index in [9.17, 15) is 9.90 Å². The first-order valence-electron chi connectivity index (χ1n) is 7.15. The number of fused-ring (bicyclic) bond motifs is 1. The Hall–Kier alpha value is -2.59. The van der Waals surface area contributed by atoms with Gasteiger partial charge >= 0.3 is 5.97 Å². The van der Waals surface area contributed by atoms with Crippen LogP contribution in [0, 0.1) is 0 Å². The molecule has 23 heavy (non-hydrogen) atoms. The fraction of sp³-hybridized carbons (Fsp3) is 0.111. The first kappa shape index (κ1) is 15.3. The average molecular weight is 328 g/mol. The number of pyridine rings is 1. The van der Waals surface area contributed by atoms with Crippen LogP contribution in [0.3, 0.4) is 0 Å². The van der Waals surface area contributed by atoms with Crippen LogP contribution in [0.15, 0.2) is 48.5 Å². The average Bonchev–Trinajstić information content (AvgIpc) is 2.55. The quantitative estimate of drug-likeness (QED) is 0.723. The molecule has 3 rings (SSSR count). The van der Waals surface area contributed by atoms with Gasteiger partial charge in [-0.05, 0) is 54.4 Å². The van der Waals surface area contributed by atoms with E-state index < -0.39 is 5.97 Å². The van der Waals surface area contributed by atoms with Crippen LogP contribution in [0.25, 0.3) is 22.0 Å². The number of hydrogen-bond donors (Lipinski definition) is 1. The Bertz CT molecular complexity index is 875. The van der Waals surface area contributed by atoms with E-state index in [2.05, 4.69) is 4.98 Å². The summed E-state index contributed by atoms with van der Waals surface area (Å²) in [5.74, 6) is -0.337. The Morgan fingerprint density at radius 3 is 2.61 bits per heavy atom. The van der Waals surface area contributed by atoms with Crippen LogP contribution in [0.1, 0.15) is 17.4 Å². The van der Waals surface area contributed by atoms with Gasteiger partial charge < -0.3 is 9.84 Å². The molecule has 0 amide bonds. The van der Waals surface area contributed by atoms with Gasteiger partial charge in [0.1, 0.15) is 11.4 Å². The van der Waals surface area contributed by atoms with Crippen molar-refractivity contribution in [2.75, 3.05) is 6.61 Å². The second-order valence-electron chi connectivity index (χ2n) is 4.98. The molecule has 0 saturated carbocycles. The number of esters is 1. The number of hydrogen-bond acceptors (Lipinski definition) is 4. The first-order valence-corrected chi connectivity index (χ1v) is 7.53. The monoisotopic (exact) mass is 327 g/mol. The molecule has 0 radical (unpaired) electrons. The van der Waals surface area contributed by atoms with E-state index >= 15 is 0 Å². The molecule has 3 aromatic rings. The Labute approximate surface area is 138 Å². The highest BCUT2D eigenvalue weighted by molar-refractivity contribution is 6.30. The van der Waals surface area contributed by atoms with Crippen molar-refractivity contribution in [3.63, 3.8) is 0 Å². The van der Waals surface area contributed by atoms with Gasteiger partial charge in [-0.3, -0.25) is 0 Å². The van der Waals surface area contributed by atoms with Crippen LogP contribution in [-0.2, 0) is 4.74 Å². The number of phenolic OH excluding ortho intramolecular Hbond substituents is 1. The van der Waals surface area contributed by atoms with Gasteiger partial charge in [0.05, 0.1) is 12.1 Å². The van der Waals surface area contributed by atoms with E-state index in [4.69, 9.17) is 16.3 Å². The van der Waals surface area contributed by atoms with Crippen molar-refractivity contribution in [3.05, 3.63) is 59.2 Å². The minimum absolute atomic E-state index is 0.137. The zero-order chi connectivity index (χ0) is 16.4. The van der Waals surface area contributed by atoms with Gasteiger partial charge in [-0.25, -0.2) is 9.78 Å². The predicted octanol–water partition coefficient (Wildman–Crippen LogP) is 4.44. The van der Waals surface area contributed by atoms with Crippen molar-refractivity contribution in [3.8, 4) is 16.9 Å². The van der Waals surface area contributed by atoms with E-state index in [0.29, 0.717) is 10.5 Å². The fourth-order valence-electron chi connectivity index (χ4n) is 2.39. The number of ether oxygens (including phenoxy) is 1. The summed E-state index contributed by atoms with van der Waals surface area (Å²) in [6.45, 7) is 2.03. The van der Waals surface area contributed by atoms with Crippen molar-refractivity contribution in [1.29, 1.82) is 0 Å². The zero-order valence-corrected chi connectivity index (χ0v) is 13.2. The predicted molar refractivity (Wildman–Crippen MR) is 89.8 cm³/mol. The van der Waals surface area contributed by atoms with E-state index in [1.165, 1.54) is 6.07 Å². The molecule has 0 atom stereocenters. The lowest BCUT2D eigenvalue weighted by Gasteiger charge is -2.10. The minimum atomic E-state index is -0.474. The van der Waals surface area contributed by atoms with Gasteiger partial charge in [-0.1, -0.05) is 23.7 Å². The van der Waals surface area contributed by atoms with Crippen LogP contribution >= 0.6 is 11.6 Å². The summed E-state index contributed by atoms with van der Waals surface area (Å²) in [7, 11) is 0. The van der Waals surface area contributed by atoms with Crippen molar-refractivity contribution in [2.45, 2.75) is 6.92 Å². The summed E-state index contributed by atoms with van der Waals surface area (Å²) in [5.41, 5.74) is 2.50. The lowest BCUT2D eigenvalue weighted by atomic mass is 10.00. The molecule has 116 valence electrons. The fourth-order valence-corrected chi connectivity index (χ4v) is 2.52. The van der Waals surface area contributed by atoms with Crippen LogP contribution in [0.2, 0.25) is 5.02 Å². The van der Waals surface area contributed by atoms with Crippen LogP contribution < -0.4 is 0 Å². The van der Waals surface area contributed by atoms with Crippen LogP contribution in [0.4, 0.5) is 0 Å². The maximum absolute atomic E-state index is 12.0. The highest BCUT2D eigenvalue weighted by Crippen LogP contribution is 2.31. The third kappa shape index (κ3) is 3.12. The van der Waals surface area contributed by atoms with Gasteiger partial charge in [0.2, 0.25) is 0 Å². The molecule has 0 bridgehead atoms. The lowest BCUT2D eigenvalue weighted by molar-refractivity contribution is 0.0520. The molecule has 2 aromatic carbocycles. The lowest BCUT2D eigenvalue weighted by Crippen LogP contribution is -2.07. The molecule has 0 aliphatic carbocycles. The summed E-state index contributed by atoms with van der Waals surface area (Å²) in [6, 6.07) is 13.8. The van der Waals surface area contributed by atoms with E-state index in [-0.39, 0.29) is 18.1 Å². The summed E-state index contributed by atoms with van der Waals surface area (Å²) >= 11 is 5.94. The SMILES string of the molecule is CCOC(=O)c1cc(-c2ccc(Cl)cc2)c2cc(O)ccc2n1. The Balaban J connectivity index is 2.25. The second kappa shape index (κ2) is 6.26. The standard InChI is InChI=1S/C18H14ClNO3/c1-2-23-18(22)17-10-14(11-3-5-12(19)6-4-11)15-9-13(21)7-8-16(15)20-17/h3-10,21H,2H2,1H3. The van der Waals surface area contributed by atoms with Crippen molar-refractivity contribution >= 4 is 28.5 Å². The van der Waals surface area contributed by atoms with Crippen molar-refractivity contribution in [1.82, 2.24) is 4.98 Å². The Morgan fingerprint density at radius 1 is 1.17 bits per heavy atom. The molecule has 5 heteroatoms. The molecule has 0 spiro atoms.